The molecule has 2 aliphatic carbocycles. The molecule has 2 saturated carbocycles. The summed E-state index contributed by atoms with van der Waals surface area (Å²) in [5.41, 5.74) is 5.85. The Bertz CT molecular complexity index is 586. The number of unbranched alkanes of at least 4 members (excludes halogenated alkanes) is 1. The maximum Gasteiger partial charge on any atom is 0.154 e. The summed E-state index contributed by atoms with van der Waals surface area (Å²) in [4.78, 5) is 0. The van der Waals surface area contributed by atoms with E-state index in [1.807, 2.05) is 0 Å². The summed E-state index contributed by atoms with van der Waals surface area (Å²) in [7, 11) is -3.21. The molecule has 5 heteroatoms. The molecule has 0 aromatic heterocycles. The van der Waals surface area contributed by atoms with Gasteiger partial charge in [-0.05, 0) is 49.9 Å². The Labute approximate surface area is 166 Å². The van der Waals surface area contributed by atoms with Gasteiger partial charge in [-0.1, -0.05) is 58.8 Å². The van der Waals surface area contributed by atoms with Crippen molar-refractivity contribution < 1.29 is 13.5 Å². The highest BCUT2D eigenvalue weighted by Gasteiger charge is 2.56. The van der Waals surface area contributed by atoms with Gasteiger partial charge in [0.05, 0.1) is 17.1 Å². The molecule has 0 aromatic rings. The van der Waals surface area contributed by atoms with E-state index in [0.717, 1.165) is 51.4 Å². The molecule has 27 heavy (non-hydrogen) atoms. The van der Waals surface area contributed by atoms with Gasteiger partial charge in [0.15, 0.2) is 9.84 Å². The average molecular weight is 400 g/mol. The highest BCUT2D eigenvalue weighted by Crippen LogP contribution is 2.52. The lowest BCUT2D eigenvalue weighted by molar-refractivity contribution is -0.0646. The Balaban J connectivity index is 2.05. The third-order valence-corrected chi connectivity index (χ3v) is 10.7. The van der Waals surface area contributed by atoms with Crippen LogP contribution in [0.1, 0.15) is 90.9 Å². The molecular weight excluding hydrogens is 358 g/mol. The zero-order valence-electron chi connectivity index (χ0n) is 17.4. The molecule has 0 amide bonds. The van der Waals surface area contributed by atoms with Crippen LogP contribution in [0.15, 0.2) is 0 Å². The minimum absolute atomic E-state index is 0.0481. The molecule has 0 bridgehead atoms. The van der Waals surface area contributed by atoms with E-state index in [-0.39, 0.29) is 28.9 Å². The number of hydrogen-bond acceptors (Lipinski definition) is 4. The molecule has 158 valence electrons. The molecule has 1 aliphatic heterocycles. The predicted molar refractivity (Wildman–Crippen MR) is 111 cm³/mol. The zero-order chi connectivity index (χ0) is 19.7. The minimum Gasteiger partial charge on any atom is -0.392 e. The summed E-state index contributed by atoms with van der Waals surface area (Å²) >= 11 is 0. The number of rotatable bonds is 5. The van der Waals surface area contributed by atoms with Gasteiger partial charge in [-0.15, -0.1) is 0 Å². The van der Waals surface area contributed by atoms with Gasteiger partial charge >= 0.3 is 0 Å². The number of hydrogen-bond donors (Lipinski definition) is 2. The average Bonchev–Trinajstić information content (AvgIpc) is 2.72. The van der Waals surface area contributed by atoms with Crippen LogP contribution in [0.5, 0.6) is 0 Å². The molecule has 3 N–H and O–H groups in total. The summed E-state index contributed by atoms with van der Waals surface area (Å²) in [5, 5.41) is 11.5. The molecule has 3 fully saturated rings. The predicted octanol–water partition coefficient (Wildman–Crippen LogP) is 4.05. The molecule has 1 saturated heterocycles. The van der Waals surface area contributed by atoms with Crippen LogP contribution in [0.4, 0.5) is 0 Å². The van der Waals surface area contributed by atoms with Crippen molar-refractivity contribution in [1.29, 1.82) is 0 Å². The maximum absolute atomic E-state index is 13.5. The second kappa shape index (κ2) is 8.71. The lowest BCUT2D eigenvalue weighted by Crippen LogP contribution is -2.49. The molecular formula is C22H41NO3S. The summed E-state index contributed by atoms with van der Waals surface area (Å²) in [5.74, 6) is 0.798. The first-order valence-corrected chi connectivity index (χ1v) is 13.2. The normalized spacial score (nSPS) is 43.0. The number of nitrogens with two attached hydrogens (primary N) is 1. The molecule has 1 heterocycles. The van der Waals surface area contributed by atoms with E-state index in [1.165, 1.54) is 19.3 Å². The third kappa shape index (κ3) is 4.25. The Morgan fingerprint density at radius 2 is 1.78 bits per heavy atom. The molecule has 4 nitrogen and oxygen atoms in total. The van der Waals surface area contributed by atoms with Gasteiger partial charge in [0.25, 0.3) is 0 Å². The van der Waals surface area contributed by atoms with Crippen molar-refractivity contribution in [2.45, 2.75) is 108 Å². The highest BCUT2D eigenvalue weighted by atomic mass is 32.2. The Morgan fingerprint density at radius 1 is 1.07 bits per heavy atom. The van der Waals surface area contributed by atoms with E-state index in [9.17, 15) is 13.5 Å². The van der Waals surface area contributed by atoms with Crippen molar-refractivity contribution in [2.24, 2.45) is 28.9 Å². The van der Waals surface area contributed by atoms with E-state index in [0.29, 0.717) is 12.3 Å². The van der Waals surface area contributed by atoms with Gasteiger partial charge in [0.2, 0.25) is 0 Å². The fraction of sp³-hybridized carbons (Fsp3) is 1.00. The van der Waals surface area contributed by atoms with Crippen LogP contribution in [0, 0.1) is 23.2 Å². The second-order valence-electron chi connectivity index (χ2n) is 9.82. The van der Waals surface area contributed by atoms with Crippen LogP contribution < -0.4 is 5.73 Å². The van der Waals surface area contributed by atoms with Gasteiger partial charge in [-0.25, -0.2) is 8.42 Å². The van der Waals surface area contributed by atoms with Crippen molar-refractivity contribution in [1.82, 2.24) is 0 Å². The Hall–Kier alpha value is -0.130. The lowest BCUT2D eigenvalue weighted by Gasteiger charge is -2.46. The number of sulfone groups is 1. The smallest absolute Gasteiger partial charge is 0.154 e. The van der Waals surface area contributed by atoms with Crippen molar-refractivity contribution in [3.8, 4) is 0 Å². The van der Waals surface area contributed by atoms with Crippen molar-refractivity contribution >= 4 is 9.84 Å². The first kappa shape index (κ1) is 21.6. The summed E-state index contributed by atoms with van der Waals surface area (Å²) < 4.78 is 27.0. The first-order chi connectivity index (χ1) is 12.8. The van der Waals surface area contributed by atoms with Crippen LogP contribution in [0.3, 0.4) is 0 Å². The van der Waals surface area contributed by atoms with E-state index in [2.05, 4.69) is 13.8 Å². The maximum atomic E-state index is 13.5. The van der Waals surface area contributed by atoms with Gasteiger partial charge in [0.1, 0.15) is 0 Å². The SMILES string of the molecule is CCCC[C@]1(CC)CS(=O)(=O)C2CCC(N)CC2[C@H](C2CCCCC2)[C@@H]1O. The van der Waals surface area contributed by atoms with Crippen molar-refractivity contribution in [2.75, 3.05) is 5.75 Å². The van der Waals surface area contributed by atoms with Crippen LogP contribution >= 0.6 is 0 Å². The van der Waals surface area contributed by atoms with Crippen LogP contribution in [0.2, 0.25) is 0 Å². The fourth-order valence-corrected chi connectivity index (χ4v) is 9.52. The minimum atomic E-state index is -3.21. The van der Waals surface area contributed by atoms with E-state index in [1.54, 1.807) is 0 Å². The summed E-state index contributed by atoms with van der Waals surface area (Å²) in [6.45, 7) is 4.24. The number of aliphatic hydroxyl groups is 1. The number of aliphatic hydroxyl groups excluding tert-OH is 1. The summed E-state index contributed by atoms with van der Waals surface area (Å²) in [6.07, 6.45) is 11.4. The van der Waals surface area contributed by atoms with Gasteiger partial charge < -0.3 is 10.8 Å². The molecule has 0 radical (unpaired) electrons. The Kier molecular flexibility index (Phi) is 6.96. The van der Waals surface area contributed by atoms with Gasteiger partial charge in [-0.2, -0.15) is 0 Å². The lowest BCUT2D eigenvalue weighted by atomic mass is 9.60. The van der Waals surface area contributed by atoms with Crippen molar-refractivity contribution in [3.63, 3.8) is 0 Å². The van der Waals surface area contributed by atoms with Gasteiger partial charge in [0, 0.05) is 11.5 Å². The Morgan fingerprint density at radius 3 is 2.41 bits per heavy atom. The molecule has 0 spiro atoms. The van der Waals surface area contributed by atoms with Gasteiger partial charge in [-0.3, -0.25) is 0 Å². The first-order valence-electron chi connectivity index (χ1n) is 11.5. The van der Waals surface area contributed by atoms with Crippen LogP contribution in [-0.2, 0) is 9.84 Å². The molecule has 6 atom stereocenters. The zero-order valence-corrected chi connectivity index (χ0v) is 18.2. The summed E-state index contributed by atoms with van der Waals surface area (Å²) in [6, 6.07) is 0.0875. The second-order valence-corrected chi connectivity index (χ2v) is 12.0. The monoisotopic (exact) mass is 399 g/mol. The molecule has 3 aliphatic rings. The fourth-order valence-electron chi connectivity index (χ4n) is 6.66. The van der Waals surface area contributed by atoms with Crippen molar-refractivity contribution in [3.05, 3.63) is 0 Å². The number of fused-ring (bicyclic) bond motifs is 1. The highest BCUT2D eigenvalue weighted by molar-refractivity contribution is 7.92. The quantitative estimate of drug-likeness (QED) is 0.731. The third-order valence-electron chi connectivity index (χ3n) is 8.24. The van der Waals surface area contributed by atoms with E-state index in [4.69, 9.17) is 5.73 Å². The van der Waals surface area contributed by atoms with E-state index >= 15 is 0 Å². The topological polar surface area (TPSA) is 80.4 Å². The molecule has 0 aromatic carbocycles. The molecule has 3 rings (SSSR count). The standard InChI is InChI=1S/C22H41NO3S/c1-3-5-13-22(4-2)15-27(25,26)19-12-11-17(23)14-18(19)20(21(22)24)16-9-7-6-8-10-16/h16-21,24H,3-15,23H2,1-2H3/t17?,18?,19?,20-,21-,22+/m0/s1. The van der Waals surface area contributed by atoms with Crippen LogP contribution in [0.25, 0.3) is 0 Å². The van der Waals surface area contributed by atoms with Crippen LogP contribution in [-0.4, -0.2) is 36.7 Å². The molecule has 3 unspecified atom stereocenters. The largest absolute Gasteiger partial charge is 0.392 e. The van der Waals surface area contributed by atoms with E-state index < -0.39 is 21.4 Å².